The molecule has 0 N–H and O–H groups in total. The minimum Gasteiger partial charge on any atom is -0.353 e. The SMILES string of the molecule is CC12CCC(=O)C=C1CCCC2OC1CCCCO1. The molecule has 0 spiro atoms. The summed E-state index contributed by atoms with van der Waals surface area (Å²) in [5.41, 5.74) is 1.38. The number of fused-ring (bicyclic) bond motifs is 1. The van der Waals surface area contributed by atoms with E-state index >= 15 is 0 Å². The predicted octanol–water partition coefficient (Wildman–Crippen LogP) is 3.38. The topological polar surface area (TPSA) is 35.5 Å². The molecule has 0 aromatic carbocycles. The maximum Gasteiger partial charge on any atom is 0.157 e. The molecule has 0 aromatic rings. The molecule has 1 saturated heterocycles. The van der Waals surface area contributed by atoms with E-state index in [2.05, 4.69) is 6.92 Å². The number of rotatable bonds is 2. The average Bonchev–Trinajstić information content (AvgIpc) is 2.42. The van der Waals surface area contributed by atoms with Gasteiger partial charge in [-0.2, -0.15) is 0 Å². The van der Waals surface area contributed by atoms with E-state index < -0.39 is 0 Å². The second-order valence-corrected chi connectivity index (χ2v) is 6.37. The van der Waals surface area contributed by atoms with Gasteiger partial charge in [0.05, 0.1) is 6.10 Å². The molecule has 0 bridgehead atoms. The van der Waals surface area contributed by atoms with Gasteiger partial charge in [0.1, 0.15) is 0 Å². The molecule has 3 nitrogen and oxygen atoms in total. The molecular formula is C16H24O3. The molecule has 3 rings (SSSR count). The van der Waals surface area contributed by atoms with Crippen molar-refractivity contribution in [2.24, 2.45) is 5.41 Å². The third kappa shape index (κ3) is 2.63. The number of ketones is 1. The monoisotopic (exact) mass is 264 g/mol. The molecule has 3 aliphatic rings. The van der Waals surface area contributed by atoms with Gasteiger partial charge in [0.2, 0.25) is 0 Å². The predicted molar refractivity (Wildman–Crippen MR) is 72.7 cm³/mol. The number of allylic oxidation sites excluding steroid dienone is 1. The molecular weight excluding hydrogens is 240 g/mol. The van der Waals surface area contributed by atoms with E-state index in [1.54, 1.807) is 0 Å². The lowest BCUT2D eigenvalue weighted by atomic mass is 9.64. The highest BCUT2D eigenvalue weighted by molar-refractivity contribution is 5.91. The number of ether oxygens (including phenoxy) is 2. The summed E-state index contributed by atoms with van der Waals surface area (Å²) < 4.78 is 12.0. The molecule has 2 aliphatic carbocycles. The Kier molecular flexibility index (Phi) is 3.77. The Morgan fingerprint density at radius 3 is 2.95 bits per heavy atom. The molecule has 106 valence electrons. The number of carbonyl (C=O) groups is 1. The van der Waals surface area contributed by atoms with Crippen molar-refractivity contribution in [1.29, 1.82) is 0 Å². The fourth-order valence-corrected chi connectivity index (χ4v) is 3.72. The van der Waals surface area contributed by atoms with E-state index in [0.717, 1.165) is 45.1 Å². The lowest BCUT2D eigenvalue weighted by Crippen LogP contribution is -2.44. The van der Waals surface area contributed by atoms with E-state index in [9.17, 15) is 4.79 Å². The summed E-state index contributed by atoms with van der Waals surface area (Å²) in [4.78, 5) is 11.6. The van der Waals surface area contributed by atoms with Crippen LogP contribution in [-0.2, 0) is 14.3 Å². The second kappa shape index (κ2) is 5.37. The van der Waals surface area contributed by atoms with E-state index in [-0.39, 0.29) is 17.8 Å². The zero-order valence-electron chi connectivity index (χ0n) is 11.8. The highest BCUT2D eigenvalue weighted by atomic mass is 16.7. The Morgan fingerprint density at radius 1 is 1.26 bits per heavy atom. The van der Waals surface area contributed by atoms with Crippen molar-refractivity contribution in [3.63, 3.8) is 0 Å². The van der Waals surface area contributed by atoms with Crippen LogP contribution in [0.3, 0.4) is 0 Å². The molecule has 3 unspecified atom stereocenters. The lowest BCUT2D eigenvalue weighted by molar-refractivity contribution is -0.212. The van der Waals surface area contributed by atoms with Crippen molar-refractivity contribution in [3.05, 3.63) is 11.6 Å². The molecule has 1 saturated carbocycles. The quantitative estimate of drug-likeness (QED) is 0.767. The van der Waals surface area contributed by atoms with Crippen molar-refractivity contribution < 1.29 is 14.3 Å². The van der Waals surface area contributed by atoms with E-state index in [1.807, 2.05) is 6.08 Å². The van der Waals surface area contributed by atoms with Crippen LogP contribution in [0.1, 0.15) is 58.3 Å². The van der Waals surface area contributed by atoms with Crippen LogP contribution >= 0.6 is 0 Å². The van der Waals surface area contributed by atoms with Crippen molar-refractivity contribution >= 4 is 5.78 Å². The summed E-state index contributed by atoms with van der Waals surface area (Å²) in [7, 11) is 0. The van der Waals surface area contributed by atoms with Gasteiger partial charge in [0.15, 0.2) is 12.1 Å². The maximum atomic E-state index is 11.6. The van der Waals surface area contributed by atoms with Gasteiger partial charge in [0, 0.05) is 18.4 Å². The number of hydrogen-bond acceptors (Lipinski definition) is 3. The van der Waals surface area contributed by atoms with Gasteiger partial charge in [-0.1, -0.05) is 12.5 Å². The van der Waals surface area contributed by atoms with Crippen molar-refractivity contribution in [3.8, 4) is 0 Å². The summed E-state index contributed by atoms with van der Waals surface area (Å²) in [6.07, 6.45) is 10.4. The molecule has 3 heteroatoms. The van der Waals surface area contributed by atoms with Gasteiger partial charge < -0.3 is 9.47 Å². The van der Waals surface area contributed by atoms with Crippen LogP contribution in [0.2, 0.25) is 0 Å². The average molecular weight is 264 g/mol. The Bertz CT molecular complexity index is 381. The normalized spacial score (nSPS) is 39.6. The van der Waals surface area contributed by atoms with Crippen LogP contribution < -0.4 is 0 Å². The van der Waals surface area contributed by atoms with Crippen LogP contribution in [0.5, 0.6) is 0 Å². The summed E-state index contributed by atoms with van der Waals surface area (Å²) in [6, 6.07) is 0. The summed E-state index contributed by atoms with van der Waals surface area (Å²) in [6.45, 7) is 3.10. The number of carbonyl (C=O) groups excluding carboxylic acids is 1. The molecule has 0 amide bonds. The Balaban J connectivity index is 1.73. The fourth-order valence-electron chi connectivity index (χ4n) is 3.72. The zero-order valence-corrected chi connectivity index (χ0v) is 11.8. The molecule has 19 heavy (non-hydrogen) atoms. The van der Waals surface area contributed by atoms with Crippen LogP contribution in [0.25, 0.3) is 0 Å². The lowest BCUT2D eigenvalue weighted by Gasteiger charge is -2.46. The largest absolute Gasteiger partial charge is 0.353 e. The molecule has 3 atom stereocenters. The minimum atomic E-state index is -0.0208. The zero-order chi connectivity index (χ0) is 13.3. The highest BCUT2D eigenvalue weighted by Crippen LogP contribution is 2.48. The first-order valence-electron chi connectivity index (χ1n) is 7.69. The maximum absolute atomic E-state index is 11.6. The van der Waals surface area contributed by atoms with Crippen LogP contribution in [0.4, 0.5) is 0 Å². The Morgan fingerprint density at radius 2 is 2.16 bits per heavy atom. The van der Waals surface area contributed by atoms with E-state index in [4.69, 9.17) is 9.47 Å². The minimum absolute atomic E-state index is 0.0208. The van der Waals surface area contributed by atoms with E-state index in [0.29, 0.717) is 12.2 Å². The third-order valence-electron chi connectivity index (χ3n) is 5.04. The van der Waals surface area contributed by atoms with Crippen LogP contribution in [-0.4, -0.2) is 24.8 Å². The van der Waals surface area contributed by atoms with Crippen LogP contribution in [0, 0.1) is 5.41 Å². The fraction of sp³-hybridized carbons (Fsp3) is 0.812. The summed E-state index contributed by atoms with van der Waals surface area (Å²) in [5.74, 6) is 0.294. The van der Waals surface area contributed by atoms with Gasteiger partial charge in [-0.3, -0.25) is 4.79 Å². The first kappa shape index (κ1) is 13.3. The molecule has 0 aromatic heterocycles. The Hall–Kier alpha value is -0.670. The van der Waals surface area contributed by atoms with E-state index in [1.165, 1.54) is 12.0 Å². The third-order valence-corrected chi connectivity index (χ3v) is 5.04. The van der Waals surface area contributed by atoms with Crippen molar-refractivity contribution in [1.82, 2.24) is 0 Å². The molecule has 1 aliphatic heterocycles. The summed E-state index contributed by atoms with van der Waals surface area (Å²) in [5, 5.41) is 0. The smallest absolute Gasteiger partial charge is 0.157 e. The second-order valence-electron chi connectivity index (χ2n) is 6.37. The Labute approximate surface area is 115 Å². The van der Waals surface area contributed by atoms with Gasteiger partial charge in [0.25, 0.3) is 0 Å². The standard InChI is InChI=1S/C16H24O3/c1-16-9-8-13(17)11-12(16)5-4-6-14(16)19-15-7-2-3-10-18-15/h11,14-15H,2-10H2,1H3. The molecule has 0 radical (unpaired) electrons. The van der Waals surface area contributed by atoms with Crippen LogP contribution in [0.15, 0.2) is 11.6 Å². The highest BCUT2D eigenvalue weighted by Gasteiger charge is 2.44. The van der Waals surface area contributed by atoms with Gasteiger partial charge >= 0.3 is 0 Å². The van der Waals surface area contributed by atoms with Crippen molar-refractivity contribution in [2.75, 3.05) is 6.61 Å². The molecule has 2 fully saturated rings. The summed E-state index contributed by atoms with van der Waals surface area (Å²) >= 11 is 0. The van der Waals surface area contributed by atoms with Gasteiger partial charge in [-0.15, -0.1) is 0 Å². The first-order valence-corrected chi connectivity index (χ1v) is 7.69. The van der Waals surface area contributed by atoms with Crippen molar-refractivity contribution in [2.45, 2.75) is 70.7 Å². The molecule has 1 heterocycles. The van der Waals surface area contributed by atoms with Gasteiger partial charge in [-0.05, 0) is 51.0 Å². The number of hydrogen-bond donors (Lipinski definition) is 0. The van der Waals surface area contributed by atoms with Gasteiger partial charge in [-0.25, -0.2) is 0 Å². The first-order chi connectivity index (χ1) is 9.18.